The van der Waals surface area contributed by atoms with Crippen molar-refractivity contribution in [3.8, 4) is 0 Å². The number of hydrogen-bond acceptors (Lipinski definition) is 4. The molecular weight excluding hydrogens is 190 g/mol. The van der Waals surface area contributed by atoms with E-state index in [1.807, 2.05) is 10.8 Å². The highest BCUT2D eigenvalue weighted by molar-refractivity contribution is 7.97. The Morgan fingerprint density at radius 1 is 1.58 bits per heavy atom. The van der Waals surface area contributed by atoms with E-state index in [4.69, 9.17) is 12.2 Å². The first-order valence-corrected chi connectivity index (χ1v) is 5.56. The van der Waals surface area contributed by atoms with Gasteiger partial charge in [-0.3, -0.25) is 0 Å². The van der Waals surface area contributed by atoms with Gasteiger partial charge in [0, 0.05) is 11.9 Å². The molecule has 0 aromatic carbocycles. The van der Waals surface area contributed by atoms with Crippen molar-refractivity contribution in [2.45, 2.75) is 19.2 Å². The van der Waals surface area contributed by atoms with Crippen LogP contribution >= 0.6 is 24.0 Å². The Hall–Kier alpha value is -0.420. The summed E-state index contributed by atoms with van der Waals surface area (Å²) < 4.78 is 2.03. The third-order valence-corrected chi connectivity index (χ3v) is 2.31. The molecule has 3 nitrogen and oxygen atoms in total. The molecule has 0 saturated heterocycles. The predicted molar refractivity (Wildman–Crippen MR) is 55.7 cm³/mol. The van der Waals surface area contributed by atoms with E-state index in [2.05, 4.69) is 17.1 Å². The summed E-state index contributed by atoms with van der Waals surface area (Å²) in [6.45, 7) is 2.95. The van der Waals surface area contributed by atoms with E-state index in [1.54, 1.807) is 17.1 Å². The highest BCUT2D eigenvalue weighted by Crippen LogP contribution is 2.07. The molecule has 1 aromatic heterocycles. The van der Waals surface area contributed by atoms with Crippen LogP contribution in [0.4, 0.5) is 0 Å². The molecule has 1 rings (SSSR count). The van der Waals surface area contributed by atoms with E-state index in [1.165, 1.54) is 0 Å². The molecule has 0 fully saturated rings. The van der Waals surface area contributed by atoms with Gasteiger partial charge >= 0.3 is 0 Å². The zero-order chi connectivity index (χ0) is 8.97. The topological polar surface area (TPSA) is 30.7 Å². The zero-order valence-corrected chi connectivity index (χ0v) is 8.78. The Labute approximate surface area is 81.6 Å². The summed E-state index contributed by atoms with van der Waals surface area (Å²) in [6, 6.07) is 0. The Kier molecular flexibility index (Phi) is 3.68. The molecule has 0 atom stereocenters. The minimum Gasteiger partial charge on any atom is -0.310 e. The lowest BCUT2D eigenvalue weighted by atomic mass is 10.5. The number of rotatable bonds is 4. The quantitative estimate of drug-likeness (QED) is 0.691. The molecule has 0 radical (unpaired) electrons. The Bertz CT molecular complexity index is 270. The van der Waals surface area contributed by atoms with Crippen LogP contribution in [0.3, 0.4) is 0 Å². The van der Waals surface area contributed by atoms with Crippen LogP contribution in [0.5, 0.6) is 0 Å². The monoisotopic (exact) mass is 201 g/mol. The third-order valence-electron chi connectivity index (χ3n) is 1.55. The molecule has 0 bridgehead atoms. The molecular formula is C7H11N3S2. The van der Waals surface area contributed by atoms with Crippen LogP contribution < -0.4 is 0 Å². The standard InChI is InChI=1S/C7H11N3S2/c1-3-10-6(4-11)8-9-7(10)5-12-2/h4H,3,5H2,1-2H3. The van der Waals surface area contributed by atoms with Crippen molar-refractivity contribution in [2.75, 3.05) is 6.26 Å². The first-order chi connectivity index (χ1) is 5.83. The van der Waals surface area contributed by atoms with Crippen LogP contribution in [-0.2, 0) is 12.3 Å². The second kappa shape index (κ2) is 4.57. The van der Waals surface area contributed by atoms with Crippen molar-refractivity contribution in [2.24, 2.45) is 0 Å². The highest BCUT2D eigenvalue weighted by Gasteiger charge is 2.06. The largest absolute Gasteiger partial charge is 0.310 e. The number of thioether (sulfide) groups is 1. The van der Waals surface area contributed by atoms with Gasteiger partial charge < -0.3 is 4.57 Å². The average molecular weight is 201 g/mol. The molecule has 5 heteroatoms. The molecule has 1 aromatic rings. The van der Waals surface area contributed by atoms with E-state index >= 15 is 0 Å². The van der Waals surface area contributed by atoms with Gasteiger partial charge in [-0.15, -0.1) is 10.2 Å². The lowest BCUT2D eigenvalue weighted by Gasteiger charge is -2.02. The fourth-order valence-corrected chi connectivity index (χ4v) is 1.66. The first-order valence-electron chi connectivity index (χ1n) is 3.69. The summed E-state index contributed by atoms with van der Waals surface area (Å²) in [5, 5.41) is 9.58. The van der Waals surface area contributed by atoms with Crippen molar-refractivity contribution >= 4 is 29.3 Å². The van der Waals surface area contributed by atoms with Gasteiger partial charge in [-0.25, -0.2) is 0 Å². The average Bonchev–Trinajstić information content (AvgIpc) is 2.47. The summed E-state index contributed by atoms with van der Waals surface area (Å²) >= 11 is 6.55. The molecule has 1 heterocycles. The summed E-state index contributed by atoms with van der Waals surface area (Å²) in [7, 11) is 0. The molecule has 0 aliphatic rings. The van der Waals surface area contributed by atoms with Gasteiger partial charge in [-0.2, -0.15) is 11.8 Å². The molecule has 12 heavy (non-hydrogen) atoms. The van der Waals surface area contributed by atoms with Crippen LogP contribution in [0, 0.1) is 0 Å². The Balaban J connectivity index is 2.96. The van der Waals surface area contributed by atoms with Crippen molar-refractivity contribution in [1.82, 2.24) is 14.8 Å². The number of hydrogen-bond donors (Lipinski definition) is 0. The number of aromatic nitrogens is 3. The molecule has 0 saturated carbocycles. The van der Waals surface area contributed by atoms with E-state index < -0.39 is 0 Å². The van der Waals surface area contributed by atoms with Crippen molar-refractivity contribution in [3.63, 3.8) is 0 Å². The van der Waals surface area contributed by atoms with E-state index in [9.17, 15) is 0 Å². The second-order valence-electron chi connectivity index (χ2n) is 2.27. The molecule has 0 aliphatic heterocycles. The van der Waals surface area contributed by atoms with Crippen LogP contribution in [0.2, 0.25) is 0 Å². The Morgan fingerprint density at radius 3 is 2.83 bits per heavy atom. The smallest absolute Gasteiger partial charge is 0.167 e. The molecule has 0 amide bonds. The Morgan fingerprint density at radius 2 is 2.33 bits per heavy atom. The van der Waals surface area contributed by atoms with E-state index in [-0.39, 0.29) is 0 Å². The molecule has 0 N–H and O–H groups in total. The van der Waals surface area contributed by atoms with Crippen LogP contribution in [0.25, 0.3) is 0 Å². The molecule has 0 spiro atoms. The van der Waals surface area contributed by atoms with Gasteiger partial charge in [0.05, 0.1) is 5.75 Å². The normalized spacial score (nSPS) is 10.2. The lowest BCUT2D eigenvalue weighted by Crippen LogP contribution is -2.04. The van der Waals surface area contributed by atoms with Gasteiger partial charge in [0.2, 0.25) is 0 Å². The van der Waals surface area contributed by atoms with Crippen LogP contribution in [0.1, 0.15) is 18.6 Å². The maximum atomic E-state index is 4.81. The van der Waals surface area contributed by atoms with Gasteiger partial charge in [-0.05, 0) is 13.2 Å². The zero-order valence-electron chi connectivity index (χ0n) is 7.15. The highest BCUT2D eigenvalue weighted by atomic mass is 32.2. The summed E-state index contributed by atoms with van der Waals surface area (Å²) in [5.41, 5.74) is 0. The van der Waals surface area contributed by atoms with Crippen molar-refractivity contribution < 1.29 is 0 Å². The maximum Gasteiger partial charge on any atom is 0.167 e. The second-order valence-corrected chi connectivity index (χ2v) is 3.37. The fourth-order valence-electron chi connectivity index (χ4n) is 1.02. The minimum absolute atomic E-state index is 0.788. The lowest BCUT2D eigenvalue weighted by molar-refractivity contribution is 0.721. The molecule has 0 unspecified atom stereocenters. The summed E-state index contributed by atoms with van der Waals surface area (Å²) in [5.74, 6) is 2.68. The summed E-state index contributed by atoms with van der Waals surface area (Å²) in [6.07, 6.45) is 2.05. The maximum absolute atomic E-state index is 4.81. The van der Waals surface area contributed by atoms with Gasteiger partial charge in [-0.1, -0.05) is 12.2 Å². The SMILES string of the molecule is CCn1c(C=S)nnc1CSC. The van der Waals surface area contributed by atoms with Crippen LogP contribution in [0.15, 0.2) is 0 Å². The minimum atomic E-state index is 0.788. The van der Waals surface area contributed by atoms with Gasteiger partial charge in [0.1, 0.15) is 5.82 Å². The van der Waals surface area contributed by atoms with Crippen molar-refractivity contribution in [1.29, 1.82) is 0 Å². The predicted octanol–water partition coefficient (Wildman–Crippen LogP) is 1.51. The molecule has 0 aliphatic carbocycles. The van der Waals surface area contributed by atoms with E-state index in [0.717, 1.165) is 23.9 Å². The first kappa shape index (κ1) is 9.67. The van der Waals surface area contributed by atoms with E-state index in [0.29, 0.717) is 0 Å². The number of nitrogens with zero attached hydrogens (tertiary/aromatic N) is 3. The van der Waals surface area contributed by atoms with Crippen molar-refractivity contribution in [3.05, 3.63) is 11.6 Å². The third kappa shape index (κ3) is 1.84. The van der Waals surface area contributed by atoms with Crippen LogP contribution in [-0.4, -0.2) is 26.4 Å². The number of thiocarbonyl (C=S) groups is 1. The van der Waals surface area contributed by atoms with Gasteiger partial charge in [0.15, 0.2) is 5.82 Å². The fraction of sp³-hybridized carbons (Fsp3) is 0.571. The molecule has 66 valence electrons. The summed E-state index contributed by atoms with van der Waals surface area (Å²) in [4.78, 5) is 0. The van der Waals surface area contributed by atoms with Gasteiger partial charge in [0.25, 0.3) is 0 Å².